The fourth-order valence-electron chi connectivity index (χ4n) is 3.67. The molecule has 1 aromatic rings. The Kier molecular flexibility index (Phi) is 4.39. The number of hydrogen-bond donors (Lipinski definition) is 0. The van der Waals surface area contributed by atoms with E-state index in [0.29, 0.717) is 18.5 Å². The van der Waals surface area contributed by atoms with Crippen LogP contribution in [0.3, 0.4) is 0 Å². The molecule has 2 fully saturated rings. The summed E-state index contributed by atoms with van der Waals surface area (Å²) in [6.07, 6.45) is 7.31. The van der Waals surface area contributed by atoms with Gasteiger partial charge in [0.1, 0.15) is 0 Å². The van der Waals surface area contributed by atoms with Crippen molar-refractivity contribution in [3.63, 3.8) is 0 Å². The monoisotopic (exact) mass is 285 g/mol. The van der Waals surface area contributed by atoms with Gasteiger partial charge < -0.3 is 4.74 Å². The van der Waals surface area contributed by atoms with Crippen LogP contribution in [0.1, 0.15) is 37.7 Å². The fraction of sp³-hybridized carbons (Fsp3) is 0.500. The lowest BCUT2D eigenvalue weighted by atomic mass is 9.95. The van der Waals surface area contributed by atoms with Crippen LogP contribution >= 0.6 is 0 Å². The van der Waals surface area contributed by atoms with Crippen LogP contribution in [0.4, 0.5) is 0 Å². The lowest BCUT2D eigenvalue weighted by molar-refractivity contribution is -0.139. The Morgan fingerprint density at radius 1 is 1.24 bits per heavy atom. The van der Waals surface area contributed by atoms with E-state index in [9.17, 15) is 4.79 Å². The first-order chi connectivity index (χ1) is 10.3. The number of rotatable bonds is 4. The number of nitrogens with zero attached hydrogens (tertiary/aromatic N) is 1. The predicted octanol–water partition coefficient (Wildman–Crippen LogP) is 3.30. The highest BCUT2D eigenvalue weighted by molar-refractivity contribution is 5.71. The maximum absolute atomic E-state index is 11.3. The van der Waals surface area contributed by atoms with Crippen molar-refractivity contribution in [3.8, 4) is 0 Å². The third-order valence-electron chi connectivity index (χ3n) is 4.76. The number of esters is 1. The normalized spacial score (nSPS) is 24.9. The third-order valence-corrected chi connectivity index (χ3v) is 4.76. The first-order valence-corrected chi connectivity index (χ1v) is 7.80. The van der Waals surface area contributed by atoms with Crippen LogP contribution in [0.5, 0.6) is 0 Å². The highest BCUT2D eigenvalue weighted by Gasteiger charge is 2.38. The van der Waals surface area contributed by atoms with E-state index in [1.807, 2.05) is 0 Å². The van der Waals surface area contributed by atoms with Gasteiger partial charge in [0.25, 0.3) is 0 Å². The van der Waals surface area contributed by atoms with Gasteiger partial charge in [-0.3, -0.25) is 9.69 Å². The van der Waals surface area contributed by atoms with E-state index >= 15 is 0 Å². The Morgan fingerprint density at radius 3 is 2.52 bits per heavy atom. The summed E-state index contributed by atoms with van der Waals surface area (Å²) in [5.74, 6) is -0.137. The van der Waals surface area contributed by atoms with E-state index in [1.54, 1.807) is 0 Å². The van der Waals surface area contributed by atoms with Crippen LogP contribution in [0.15, 0.2) is 42.0 Å². The summed E-state index contributed by atoms with van der Waals surface area (Å²) >= 11 is 0. The van der Waals surface area contributed by atoms with E-state index in [4.69, 9.17) is 4.74 Å². The average Bonchev–Trinajstić information content (AvgIpc) is 2.75. The number of ether oxygens (including phenoxy) is 1. The zero-order valence-electron chi connectivity index (χ0n) is 12.6. The van der Waals surface area contributed by atoms with E-state index in [0.717, 1.165) is 19.4 Å². The van der Waals surface area contributed by atoms with Gasteiger partial charge in [0.2, 0.25) is 0 Å². The van der Waals surface area contributed by atoms with Crippen molar-refractivity contribution in [2.24, 2.45) is 0 Å². The van der Waals surface area contributed by atoms with Gasteiger partial charge >= 0.3 is 5.97 Å². The largest absolute Gasteiger partial charge is 0.469 e. The molecular formula is C18H23NO2. The highest BCUT2D eigenvalue weighted by atomic mass is 16.5. The molecule has 0 saturated carbocycles. The Hall–Kier alpha value is -1.61. The predicted molar refractivity (Wildman–Crippen MR) is 82.7 cm³/mol. The van der Waals surface area contributed by atoms with Crippen LogP contribution in [-0.2, 0) is 16.1 Å². The zero-order valence-corrected chi connectivity index (χ0v) is 12.6. The molecule has 2 heterocycles. The van der Waals surface area contributed by atoms with Crippen molar-refractivity contribution in [1.82, 2.24) is 4.90 Å². The zero-order chi connectivity index (χ0) is 14.7. The smallest absolute Gasteiger partial charge is 0.309 e. The second-order valence-electron chi connectivity index (χ2n) is 6.09. The highest BCUT2D eigenvalue weighted by Crippen LogP contribution is 2.39. The minimum absolute atomic E-state index is 0.137. The number of hydrogen-bond acceptors (Lipinski definition) is 3. The molecule has 3 rings (SSSR count). The van der Waals surface area contributed by atoms with Gasteiger partial charge in [0.15, 0.2) is 0 Å². The Balaban J connectivity index is 1.63. The van der Waals surface area contributed by atoms with Crippen molar-refractivity contribution in [1.29, 1.82) is 0 Å². The molecule has 2 aliphatic heterocycles. The van der Waals surface area contributed by atoms with Gasteiger partial charge in [-0.2, -0.15) is 0 Å². The van der Waals surface area contributed by atoms with Gasteiger partial charge in [-0.05, 0) is 31.2 Å². The Bertz CT molecular complexity index is 507. The van der Waals surface area contributed by atoms with Gasteiger partial charge in [0, 0.05) is 18.6 Å². The average molecular weight is 285 g/mol. The van der Waals surface area contributed by atoms with Crippen molar-refractivity contribution in [2.75, 3.05) is 7.11 Å². The second-order valence-corrected chi connectivity index (χ2v) is 6.09. The topological polar surface area (TPSA) is 29.5 Å². The molecule has 21 heavy (non-hydrogen) atoms. The molecule has 2 aliphatic rings. The summed E-state index contributed by atoms with van der Waals surface area (Å²) in [7, 11) is 1.45. The molecule has 0 radical (unpaired) electrons. The number of fused-ring (bicyclic) bond motifs is 2. The molecule has 3 heteroatoms. The minimum Gasteiger partial charge on any atom is -0.469 e. The summed E-state index contributed by atoms with van der Waals surface area (Å²) in [5.41, 5.74) is 2.84. The van der Waals surface area contributed by atoms with Crippen LogP contribution in [-0.4, -0.2) is 30.1 Å². The molecule has 2 bridgehead atoms. The van der Waals surface area contributed by atoms with E-state index < -0.39 is 0 Å². The van der Waals surface area contributed by atoms with Crippen LogP contribution in [0.25, 0.3) is 0 Å². The summed E-state index contributed by atoms with van der Waals surface area (Å²) in [6.45, 7) is 1.06. The Morgan fingerprint density at radius 2 is 1.90 bits per heavy atom. The van der Waals surface area contributed by atoms with Crippen molar-refractivity contribution in [2.45, 2.75) is 50.7 Å². The summed E-state index contributed by atoms with van der Waals surface area (Å²) in [4.78, 5) is 13.9. The lowest BCUT2D eigenvalue weighted by Crippen LogP contribution is -2.39. The maximum Gasteiger partial charge on any atom is 0.309 e. The molecule has 0 N–H and O–H groups in total. The number of piperidine rings is 1. The molecule has 1 aromatic carbocycles. The SMILES string of the molecule is COC(=O)CC=C1CC2CCC(C1)N2Cc1ccccc1. The summed E-state index contributed by atoms with van der Waals surface area (Å²) in [6, 6.07) is 12.0. The quantitative estimate of drug-likeness (QED) is 0.628. The molecule has 0 amide bonds. The van der Waals surface area contributed by atoms with Crippen LogP contribution in [0, 0.1) is 0 Å². The molecule has 0 aromatic heterocycles. The number of carbonyl (C=O) groups excluding carboxylic acids is 1. The first kappa shape index (κ1) is 14.3. The first-order valence-electron chi connectivity index (χ1n) is 7.80. The van der Waals surface area contributed by atoms with E-state index in [1.165, 1.54) is 31.1 Å². The van der Waals surface area contributed by atoms with Gasteiger partial charge in [-0.25, -0.2) is 0 Å². The van der Waals surface area contributed by atoms with Gasteiger partial charge in [-0.1, -0.05) is 42.0 Å². The van der Waals surface area contributed by atoms with Crippen LogP contribution < -0.4 is 0 Å². The number of methoxy groups -OCH3 is 1. The van der Waals surface area contributed by atoms with Crippen molar-refractivity contribution < 1.29 is 9.53 Å². The molecule has 3 nitrogen and oxygen atoms in total. The third kappa shape index (κ3) is 3.35. The van der Waals surface area contributed by atoms with Gasteiger partial charge in [0.05, 0.1) is 13.5 Å². The molecule has 2 unspecified atom stereocenters. The van der Waals surface area contributed by atoms with Crippen LogP contribution in [0.2, 0.25) is 0 Å². The van der Waals surface area contributed by atoms with Crippen molar-refractivity contribution >= 4 is 5.97 Å². The molecule has 0 spiro atoms. The van der Waals surface area contributed by atoms with Gasteiger partial charge in [-0.15, -0.1) is 0 Å². The molecule has 0 aliphatic carbocycles. The second kappa shape index (κ2) is 6.44. The summed E-state index contributed by atoms with van der Waals surface area (Å²) < 4.78 is 4.72. The maximum atomic E-state index is 11.3. The van der Waals surface area contributed by atoms with E-state index in [-0.39, 0.29) is 5.97 Å². The molecule has 112 valence electrons. The number of benzene rings is 1. The molecular weight excluding hydrogens is 262 g/mol. The minimum atomic E-state index is -0.137. The van der Waals surface area contributed by atoms with Crippen molar-refractivity contribution in [3.05, 3.63) is 47.5 Å². The number of carbonyl (C=O) groups is 1. The standard InChI is InChI=1S/C18H23NO2/c1-21-18(20)10-7-15-11-16-8-9-17(12-15)19(16)13-14-5-3-2-4-6-14/h2-7,16-17H,8-13H2,1H3. The molecule has 2 saturated heterocycles. The fourth-order valence-corrected chi connectivity index (χ4v) is 3.67. The Labute approximate surface area is 126 Å². The summed E-state index contributed by atoms with van der Waals surface area (Å²) in [5, 5.41) is 0. The molecule has 2 atom stereocenters. The van der Waals surface area contributed by atoms with E-state index in [2.05, 4.69) is 41.3 Å². The lowest BCUT2D eigenvalue weighted by Gasteiger charge is -2.36.